The van der Waals surface area contributed by atoms with Gasteiger partial charge in [-0.15, -0.1) is 0 Å². The van der Waals surface area contributed by atoms with E-state index in [2.05, 4.69) is 10.6 Å². The lowest BCUT2D eigenvalue weighted by Gasteiger charge is -2.11. The highest BCUT2D eigenvalue weighted by Gasteiger charge is 2.29. The van der Waals surface area contributed by atoms with Crippen LogP contribution in [0.25, 0.3) is 0 Å². The van der Waals surface area contributed by atoms with Crippen molar-refractivity contribution in [2.45, 2.75) is 12.5 Å². The van der Waals surface area contributed by atoms with E-state index < -0.39 is 0 Å². The van der Waals surface area contributed by atoms with Crippen LogP contribution in [-0.2, 0) is 16.1 Å². The predicted octanol–water partition coefficient (Wildman–Crippen LogP) is 2.54. The maximum Gasteiger partial charge on any atom is 0.231 e. The Bertz CT molecular complexity index is 685. The fraction of sp³-hybridized carbons (Fsp3) is 0.316. The molecule has 0 radical (unpaired) electrons. The van der Waals surface area contributed by atoms with Crippen LogP contribution in [0.4, 0.5) is 5.69 Å². The predicted molar refractivity (Wildman–Crippen MR) is 93.3 cm³/mol. The third-order valence-electron chi connectivity index (χ3n) is 4.07. The van der Waals surface area contributed by atoms with Crippen LogP contribution in [0, 0.1) is 0 Å². The number of para-hydroxylation sites is 1. The van der Waals surface area contributed by atoms with Gasteiger partial charge in [0.1, 0.15) is 18.3 Å². The average Bonchev–Trinajstić information content (AvgIpc) is 3.05. The van der Waals surface area contributed by atoms with Gasteiger partial charge in [-0.25, -0.2) is 0 Å². The number of fused-ring (bicyclic) bond motifs is 1. The molecule has 0 aliphatic carbocycles. The van der Waals surface area contributed by atoms with Crippen LogP contribution in [0.2, 0.25) is 0 Å². The lowest BCUT2D eigenvalue weighted by Crippen LogP contribution is -2.29. The van der Waals surface area contributed by atoms with Crippen LogP contribution in [-0.4, -0.2) is 32.8 Å². The lowest BCUT2D eigenvalue weighted by atomic mass is 10.0. The van der Waals surface area contributed by atoms with Crippen LogP contribution in [0.5, 0.6) is 5.75 Å². The highest BCUT2D eigenvalue weighted by Crippen LogP contribution is 2.33. The molecule has 1 aliphatic heterocycles. The van der Waals surface area contributed by atoms with E-state index in [0.717, 1.165) is 29.1 Å². The number of benzene rings is 2. The molecule has 1 amide bonds. The van der Waals surface area contributed by atoms with Crippen molar-refractivity contribution < 1.29 is 14.3 Å². The van der Waals surface area contributed by atoms with Crippen LogP contribution >= 0.6 is 0 Å². The van der Waals surface area contributed by atoms with E-state index in [1.165, 1.54) is 0 Å². The highest BCUT2D eigenvalue weighted by molar-refractivity contribution is 5.85. The van der Waals surface area contributed by atoms with Crippen LogP contribution in [0.15, 0.2) is 48.5 Å². The number of rotatable bonds is 7. The molecule has 0 unspecified atom stereocenters. The largest absolute Gasteiger partial charge is 0.492 e. The number of hydrogen-bond donors (Lipinski definition) is 2. The van der Waals surface area contributed by atoms with Gasteiger partial charge in [0.15, 0.2) is 0 Å². The number of carbonyl (C=O) groups excluding carboxylic acids is 1. The van der Waals surface area contributed by atoms with Crippen molar-refractivity contribution in [1.82, 2.24) is 5.32 Å². The molecule has 24 heavy (non-hydrogen) atoms. The van der Waals surface area contributed by atoms with Gasteiger partial charge >= 0.3 is 0 Å². The fourth-order valence-electron chi connectivity index (χ4n) is 2.73. The number of methoxy groups -OCH3 is 1. The van der Waals surface area contributed by atoms with Gasteiger partial charge in [-0.2, -0.15) is 0 Å². The van der Waals surface area contributed by atoms with Crippen molar-refractivity contribution in [3.63, 3.8) is 0 Å². The maximum atomic E-state index is 12.4. The molecule has 2 aromatic rings. The zero-order valence-corrected chi connectivity index (χ0v) is 13.7. The normalized spacial score (nSPS) is 15.5. The molecule has 1 atom stereocenters. The Balaban J connectivity index is 1.52. The maximum absolute atomic E-state index is 12.4. The minimum Gasteiger partial charge on any atom is -0.492 e. The standard InChI is InChI=1S/C19H22N2O3/c1-23-11-10-20-15-8-6-14(7-9-15)12-21-19(22)17-13-24-18-5-3-2-4-16(17)18/h2-9,17,20H,10-13H2,1H3,(H,21,22)/t17-/m0/s1. The molecular weight excluding hydrogens is 304 g/mol. The van der Waals surface area contributed by atoms with Gasteiger partial charge in [0.2, 0.25) is 5.91 Å². The Morgan fingerprint density at radius 3 is 2.79 bits per heavy atom. The molecular formula is C19H22N2O3. The molecule has 1 heterocycles. The molecule has 5 nitrogen and oxygen atoms in total. The zero-order valence-electron chi connectivity index (χ0n) is 13.7. The van der Waals surface area contributed by atoms with Gasteiger partial charge in [-0.05, 0) is 23.8 Å². The summed E-state index contributed by atoms with van der Waals surface area (Å²) in [6, 6.07) is 15.7. The summed E-state index contributed by atoms with van der Waals surface area (Å²) in [6.45, 7) is 2.36. The van der Waals surface area contributed by atoms with Gasteiger partial charge in [0, 0.05) is 31.5 Å². The Kier molecular flexibility index (Phi) is 5.33. The van der Waals surface area contributed by atoms with Crippen molar-refractivity contribution in [2.24, 2.45) is 0 Å². The van der Waals surface area contributed by atoms with Gasteiger partial charge < -0.3 is 20.1 Å². The van der Waals surface area contributed by atoms with Crippen molar-refractivity contribution in [3.8, 4) is 5.75 Å². The minimum absolute atomic E-state index is 0.00208. The quantitative estimate of drug-likeness (QED) is 0.768. The summed E-state index contributed by atoms with van der Waals surface area (Å²) in [6.07, 6.45) is 0. The summed E-state index contributed by atoms with van der Waals surface area (Å²) in [5.41, 5.74) is 3.07. The van der Waals surface area contributed by atoms with E-state index in [1.807, 2.05) is 48.5 Å². The van der Waals surface area contributed by atoms with Crippen LogP contribution < -0.4 is 15.4 Å². The molecule has 5 heteroatoms. The number of anilines is 1. The van der Waals surface area contributed by atoms with Gasteiger partial charge in [-0.3, -0.25) is 4.79 Å². The first-order valence-corrected chi connectivity index (χ1v) is 8.09. The Morgan fingerprint density at radius 2 is 2.00 bits per heavy atom. The third-order valence-corrected chi connectivity index (χ3v) is 4.07. The first-order chi connectivity index (χ1) is 11.8. The Labute approximate surface area is 142 Å². The second-order valence-electron chi connectivity index (χ2n) is 5.74. The topological polar surface area (TPSA) is 59.6 Å². The smallest absolute Gasteiger partial charge is 0.231 e. The molecule has 1 aliphatic rings. The molecule has 0 bridgehead atoms. The fourth-order valence-corrected chi connectivity index (χ4v) is 2.73. The summed E-state index contributed by atoms with van der Waals surface area (Å²) in [4.78, 5) is 12.4. The first kappa shape index (κ1) is 16.3. The van der Waals surface area contributed by atoms with Crippen molar-refractivity contribution in [1.29, 1.82) is 0 Å². The molecule has 2 N–H and O–H groups in total. The molecule has 2 aromatic carbocycles. The molecule has 0 saturated carbocycles. The second kappa shape index (κ2) is 7.84. The minimum atomic E-state index is -0.226. The SMILES string of the molecule is COCCNc1ccc(CNC(=O)[C@H]2COc3ccccc32)cc1. The van der Waals surface area contributed by atoms with Crippen molar-refractivity contribution in [3.05, 3.63) is 59.7 Å². The summed E-state index contributed by atoms with van der Waals surface area (Å²) < 4.78 is 10.6. The average molecular weight is 326 g/mol. The molecule has 0 spiro atoms. The van der Waals surface area contributed by atoms with Gasteiger partial charge in [0.25, 0.3) is 0 Å². The van der Waals surface area contributed by atoms with Gasteiger partial charge in [0.05, 0.1) is 6.61 Å². The van der Waals surface area contributed by atoms with Crippen LogP contribution in [0.1, 0.15) is 17.0 Å². The highest BCUT2D eigenvalue weighted by atomic mass is 16.5. The summed E-state index contributed by atoms with van der Waals surface area (Å²) in [7, 11) is 1.68. The van der Waals surface area contributed by atoms with E-state index in [0.29, 0.717) is 19.8 Å². The van der Waals surface area contributed by atoms with Gasteiger partial charge in [-0.1, -0.05) is 30.3 Å². The van der Waals surface area contributed by atoms with E-state index in [1.54, 1.807) is 7.11 Å². The van der Waals surface area contributed by atoms with Crippen molar-refractivity contribution in [2.75, 3.05) is 32.2 Å². The summed E-state index contributed by atoms with van der Waals surface area (Å²) in [5, 5.41) is 6.26. The molecule has 3 rings (SSSR count). The van der Waals surface area contributed by atoms with E-state index in [-0.39, 0.29) is 11.8 Å². The van der Waals surface area contributed by atoms with E-state index >= 15 is 0 Å². The summed E-state index contributed by atoms with van der Waals surface area (Å²) >= 11 is 0. The third kappa shape index (κ3) is 3.86. The van der Waals surface area contributed by atoms with Crippen LogP contribution in [0.3, 0.4) is 0 Å². The van der Waals surface area contributed by atoms with Crippen molar-refractivity contribution >= 4 is 11.6 Å². The van der Waals surface area contributed by atoms with E-state index in [9.17, 15) is 4.79 Å². The number of ether oxygens (including phenoxy) is 2. The summed E-state index contributed by atoms with van der Waals surface area (Å²) in [5.74, 6) is 0.586. The Hall–Kier alpha value is -2.53. The number of nitrogens with one attached hydrogen (secondary N) is 2. The van der Waals surface area contributed by atoms with E-state index in [4.69, 9.17) is 9.47 Å². The number of amides is 1. The Morgan fingerprint density at radius 1 is 1.21 bits per heavy atom. The molecule has 0 saturated heterocycles. The monoisotopic (exact) mass is 326 g/mol. The second-order valence-corrected chi connectivity index (χ2v) is 5.74. The first-order valence-electron chi connectivity index (χ1n) is 8.09. The zero-order chi connectivity index (χ0) is 16.8. The lowest BCUT2D eigenvalue weighted by molar-refractivity contribution is -0.122. The molecule has 126 valence electrons. The number of hydrogen-bond acceptors (Lipinski definition) is 4. The molecule has 0 aromatic heterocycles. The molecule has 0 fully saturated rings. The number of carbonyl (C=O) groups is 1.